The van der Waals surface area contributed by atoms with E-state index in [9.17, 15) is 4.79 Å². The summed E-state index contributed by atoms with van der Waals surface area (Å²) in [5, 5.41) is 8.53. The molecule has 4 heteroatoms. The number of carbonyl (C=O) groups excluding carboxylic acids is 1. The van der Waals surface area contributed by atoms with Gasteiger partial charge in [0.05, 0.1) is 6.61 Å². The summed E-state index contributed by atoms with van der Waals surface area (Å²) >= 11 is 0. The summed E-state index contributed by atoms with van der Waals surface area (Å²) in [6.45, 7) is 2.24. The number of esters is 1. The third-order valence-corrected chi connectivity index (χ3v) is 5.39. The van der Waals surface area contributed by atoms with Crippen LogP contribution in [0, 0.1) is 0 Å². The number of aliphatic hydroxyl groups excluding tert-OH is 1. The summed E-state index contributed by atoms with van der Waals surface area (Å²) in [7, 11) is 0. The number of unbranched alkanes of at least 4 members (excludes halogenated alkanes) is 19. The van der Waals surface area contributed by atoms with E-state index in [0.29, 0.717) is 6.61 Å². The van der Waals surface area contributed by atoms with Gasteiger partial charge in [0, 0.05) is 29.6 Å². The standard InChI is InChI=1S/C24H48O3.Na/c1-2-3-4-5-6-7-8-9-10-11-12-13-14-15-16-17-18-19-20-21-22-27-24(26)23-25;/h25H,2-23H2,1H3;. The number of aliphatic hydroxyl groups is 1. The summed E-state index contributed by atoms with van der Waals surface area (Å²) in [4.78, 5) is 10.7. The summed E-state index contributed by atoms with van der Waals surface area (Å²) in [6, 6.07) is 0. The van der Waals surface area contributed by atoms with Crippen molar-refractivity contribution in [2.45, 2.75) is 135 Å². The predicted molar refractivity (Wildman–Crippen MR) is 122 cm³/mol. The minimum absolute atomic E-state index is 0. The molecule has 0 bridgehead atoms. The van der Waals surface area contributed by atoms with Gasteiger partial charge < -0.3 is 9.84 Å². The Morgan fingerprint density at radius 3 is 1.14 bits per heavy atom. The zero-order valence-electron chi connectivity index (χ0n) is 19.3. The molecule has 0 heterocycles. The van der Waals surface area contributed by atoms with Crippen molar-refractivity contribution in [1.29, 1.82) is 0 Å². The van der Waals surface area contributed by atoms with Crippen molar-refractivity contribution in [3.8, 4) is 0 Å². The SMILES string of the molecule is CCCCCCCCCCCCCCCCCCCCCCOC(=O)CO.[Na]. The number of carbonyl (C=O) groups is 1. The van der Waals surface area contributed by atoms with Crippen LogP contribution in [0.5, 0.6) is 0 Å². The van der Waals surface area contributed by atoms with Crippen LogP contribution in [0.25, 0.3) is 0 Å². The first kappa shape index (κ1) is 30.6. The molecule has 0 atom stereocenters. The van der Waals surface area contributed by atoms with E-state index in [-0.39, 0.29) is 29.6 Å². The minimum atomic E-state index is -0.507. The Balaban J connectivity index is 0. The first-order chi connectivity index (χ1) is 13.3. The Morgan fingerprint density at radius 2 is 0.857 bits per heavy atom. The van der Waals surface area contributed by atoms with Crippen molar-refractivity contribution in [2.24, 2.45) is 0 Å². The Kier molecular flexibility index (Phi) is 30.0. The van der Waals surface area contributed by atoms with Gasteiger partial charge in [-0.15, -0.1) is 0 Å². The quantitative estimate of drug-likeness (QED) is 0.120. The average Bonchev–Trinajstić information content (AvgIpc) is 2.68. The number of hydrogen-bond donors (Lipinski definition) is 1. The van der Waals surface area contributed by atoms with E-state index in [2.05, 4.69) is 6.92 Å². The van der Waals surface area contributed by atoms with Gasteiger partial charge in [0.15, 0.2) is 0 Å². The molecule has 0 saturated carbocycles. The van der Waals surface area contributed by atoms with Gasteiger partial charge in [-0.3, -0.25) is 0 Å². The maximum atomic E-state index is 10.7. The Morgan fingerprint density at radius 1 is 0.571 bits per heavy atom. The molecular weight excluding hydrogens is 359 g/mol. The van der Waals surface area contributed by atoms with Crippen molar-refractivity contribution in [2.75, 3.05) is 13.2 Å². The molecular formula is C24H48NaO3. The molecule has 0 saturated heterocycles. The van der Waals surface area contributed by atoms with Gasteiger partial charge >= 0.3 is 5.97 Å². The molecule has 0 fully saturated rings. The van der Waals surface area contributed by atoms with E-state index in [1.807, 2.05) is 0 Å². The van der Waals surface area contributed by atoms with Crippen LogP contribution in [0.3, 0.4) is 0 Å². The number of rotatable bonds is 22. The summed E-state index contributed by atoms with van der Waals surface area (Å²) < 4.78 is 4.84. The van der Waals surface area contributed by atoms with E-state index in [1.54, 1.807) is 0 Å². The number of ether oxygens (including phenoxy) is 1. The molecule has 163 valence electrons. The van der Waals surface area contributed by atoms with Crippen molar-refractivity contribution in [3.05, 3.63) is 0 Å². The van der Waals surface area contributed by atoms with E-state index < -0.39 is 12.6 Å². The molecule has 0 aliphatic rings. The van der Waals surface area contributed by atoms with Crippen molar-refractivity contribution >= 4 is 35.5 Å². The van der Waals surface area contributed by atoms with Gasteiger partial charge in [-0.25, -0.2) is 4.79 Å². The smallest absolute Gasteiger partial charge is 0.331 e. The maximum absolute atomic E-state index is 10.7. The summed E-state index contributed by atoms with van der Waals surface area (Å²) in [6.07, 6.45) is 27.3. The van der Waals surface area contributed by atoms with Crippen LogP contribution < -0.4 is 0 Å². The van der Waals surface area contributed by atoms with E-state index >= 15 is 0 Å². The molecule has 1 N–H and O–H groups in total. The summed E-state index contributed by atoms with van der Waals surface area (Å²) in [5.74, 6) is -0.507. The van der Waals surface area contributed by atoms with Crippen LogP contribution in [0.2, 0.25) is 0 Å². The zero-order chi connectivity index (χ0) is 19.8. The third-order valence-electron chi connectivity index (χ3n) is 5.39. The van der Waals surface area contributed by atoms with Crippen LogP contribution in [-0.4, -0.2) is 53.8 Å². The van der Waals surface area contributed by atoms with Crippen molar-refractivity contribution in [3.63, 3.8) is 0 Å². The Bertz CT molecular complexity index is 298. The van der Waals surface area contributed by atoms with E-state index in [0.717, 1.165) is 12.8 Å². The van der Waals surface area contributed by atoms with Crippen molar-refractivity contribution < 1.29 is 14.6 Å². The predicted octanol–water partition coefficient (Wildman–Crippen LogP) is 6.96. The molecule has 0 unspecified atom stereocenters. The molecule has 0 aliphatic carbocycles. The monoisotopic (exact) mass is 407 g/mol. The first-order valence-electron chi connectivity index (χ1n) is 12.1. The van der Waals surface area contributed by atoms with Gasteiger partial charge in [0.1, 0.15) is 6.61 Å². The fraction of sp³-hybridized carbons (Fsp3) is 0.958. The first-order valence-corrected chi connectivity index (χ1v) is 12.1. The normalized spacial score (nSPS) is 10.6. The second-order valence-corrected chi connectivity index (χ2v) is 8.10. The van der Waals surface area contributed by atoms with Crippen LogP contribution in [0.1, 0.15) is 135 Å². The average molecular weight is 408 g/mol. The fourth-order valence-electron chi connectivity index (χ4n) is 3.59. The topological polar surface area (TPSA) is 46.5 Å². The van der Waals surface area contributed by atoms with Crippen molar-refractivity contribution in [1.82, 2.24) is 0 Å². The second kappa shape index (κ2) is 27.4. The number of hydrogen-bond acceptors (Lipinski definition) is 3. The van der Waals surface area contributed by atoms with Crippen LogP contribution >= 0.6 is 0 Å². The third kappa shape index (κ3) is 26.4. The Labute approximate surface area is 198 Å². The fourth-order valence-corrected chi connectivity index (χ4v) is 3.59. The van der Waals surface area contributed by atoms with Gasteiger partial charge in [-0.1, -0.05) is 129 Å². The van der Waals surface area contributed by atoms with E-state index in [4.69, 9.17) is 9.84 Å². The molecule has 0 aromatic rings. The molecule has 0 aromatic carbocycles. The van der Waals surface area contributed by atoms with Crippen LogP contribution in [0.4, 0.5) is 0 Å². The molecule has 0 aromatic heterocycles. The largest absolute Gasteiger partial charge is 0.464 e. The van der Waals surface area contributed by atoms with Crippen LogP contribution in [0.15, 0.2) is 0 Å². The summed E-state index contributed by atoms with van der Waals surface area (Å²) in [5.41, 5.74) is 0. The van der Waals surface area contributed by atoms with Gasteiger partial charge in [-0.05, 0) is 6.42 Å². The molecule has 0 rings (SSSR count). The Hall–Kier alpha value is 0.430. The van der Waals surface area contributed by atoms with Gasteiger partial charge in [0.25, 0.3) is 0 Å². The second-order valence-electron chi connectivity index (χ2n) is 8.10. The molecule has 28 heavy (non-hydrogen) atoms. The molecule has 0 aliphatic heterocycles. The molecule has 0 amide bonds. The maximum Gasteiger partial charge on any atom is 0.331 e. The minimum Gasteiger partial charge on any atom is -0.464 e. The van der Waals surface area contributed by atoms with Gasteiger partial charge in [0.2, 0.25) is 0 Å². The van der Waals surface area contributed by atoms with E-state index in [1.165, 1.54) is 116 Å². The molecule has 3 nitrogen and oxygen atoms in total. The zero-order valence-corrected chi connectivity index (χ0v) is 21.3. The molecule has 0 spiro atoms. The van der Waals surface area contributed by atoms with Crippen LogP contribution in [-0.2, 0) is 9.53 Å². The molecule has 1 radical (unpaired) electrons. The van der Waals surface area contributed by atoms with Gasteiger partial charge in [-0.2, -0.15) is 0 Å².